The summed E-state index contributed by atoms with van der Waals surface area (Å²) in [4.78, 5) is 34.5. The van der Waals surface area contributed by atoms with Crippen molar-refractivity contribution in [3.8, 4) is 0 Å². The molecule has 2 aromatic heterocycles. The van der Waals surface area contributed by atoms with Crippen LogP contribution in [0.2, 0.25) is 19.6 Å². The van der Waals surface area contributed by atoms with E-state index in [1.807, 2.05) is 6.20 Å². The second-order valence-electron chi connectivity index (χ2n) is 7.93. The van der Waals surface area contributed by atoms with Crippen LogP contribution in [0, 0.1) is 5.92 Å². The topological polar surface area (TPSA) is 88.3 Å². The molecule has 153 valence electrons. The molecule has 1 unspecified atom stereocenters. The number of piperidine rings is 1. The van der Waals surface area contributed by atoms with Gasteiger partial charge in [0.1, 0.15) is 0 Å². The molecule has 1 N–H and O–H groups in total. The van der Waals surface area contributed by atoms with E-state index in [2.05, 4.69) is 34.9 Å². The van der Waals surface area contributed by atoms with Crippen molar-refractivity contribution < 1.29 is 14.0 Å². The number of nitrogens with one attached hydrogen (secondary N) is 1. The van der Waals surface area contributed by atoms with Gasteiger partial charge in [0, 0.05) is 26.2 Å². The number of hydrogen-bond acceptors (Lipinski definition) is 7. The van der Waals surface area contributed by atoms with Crippen LogP contribution in [0.5, 0.6) is 0 Å². The van der Waals surface area contributed by atoms with E-state index in [-0.39, 0.29) is 17.7 Å². The minimum absolute atomic E-state index is 0.0225. The van der Waals surface area contributed by atoms with Gasteiger partial charge in [-0.05, 0) is 18.2 Å². The van der Waals surface area contributed by atoms with E-state index < -0.39 is 8.07 Å². The quantitative estimate of drug-likeness (QED) is 0.550. The van der Waals surface area contributed by atoms with Gasteiger partial charge in [0.15, 0.2) is 5.13 Å². The van der Waals surface area contributed by atoms with E-state index in [0.29, 0.717) is 23.3 Å². The lowest BCUT2D eigenvalue weighted by Gasteiger charge is -2.31. The van der Waals surface area contributed by atoms with Crippen molar-refractivity contribution in [2.45, 2.75) is 49.4 Å². The Morgan fingerprint density at radius 1 is 1.36 bits per heavy atom. The van der Waals surface area contributed by atoms with Crippen LogP contribution in [0.4, 0.5) is 5.13 Å². The van der Waals surface area contributed by atoms with Crippen LogP contribution in [-0.4, -0.2) is 47.8 Å². The second-order valence-corrected chi connectivity index (χ2v) is 15.2. The Kier molecular flexibility index (Phi) is 6.61. The Morgan fingerprint density at radius 2 is 2.14 bits per heavy atom. The summed E-state index contributed by atoms with van der Waals surface area (Å²) in [6, 6.07) is 0. The van der Waals surface area contributed by atoms with Crippen LogP contribution >= 0.6 is 23.1 Å². The first-order chi connectivity index (χ1) is 13.2. The Labute approximate surface area is 174 Å². The van der Waals surface area contributed by atoms with E-state index in [4.69, 9.17) is 4.42 Å². The maximum atomic E-state index is 12.5. The Bertz CT molecular complexity index is 846. The monoisotopic (exact) mass is 438 g/mol. The highest BCUT2D eigenvalue weighted by Gasteiger charge is 2.27. The summed E-state index contributed by atoms with van der Waals surface area (Å²) in [7, 11) is -1.48. The second kappa shape index (κ2) is 8.79. The molecule has 3 heterocycles. The summed E-state index contributed by atoms with van der Waals surface area (Å²) in [5.41, 5.74) is 0. The van der Waals surface area contributed by atoms with Crippen molar-refractivity contribution >= 4 is 53.5 Å². The van der Waals surface area contributed by atoms with E-state index in [1.54, 1.807) is 29.8 Å². The molecule has 0 saturated carbocycles. The number of thiazole rings is 1. The van der Waals surface area contributed by atoms with Crippen molar-refractivity contribution in [1.29, 1.82) is 0 Å². The predicted octanol–water partition coefficient (Wildman–Crippen LogP) is 3.17. The van der Waals surface area contributed by atoms with Gasteiger partial charge >= 0.3 is 0 Å². The Morgan fingerprint density at radius 3 is 2.82 bits per heavy atom. The van der Waals surface area contributed by atoms with Crippen LogP contribution in [0.1, 0.15) is 25.7 Å². The fraction of sp³-hybridized carbons (Fsp3) is 0.556. The average molecular weight is 439 g/mol. The summed E-state index contributed by atoms with van der Waals surface area (Å²) in [6.45, 7) is 9.44. The van der Waals surface area contributed by atoms with Gasteiger partial charge in [0.25, 0.3) is 0 Å². The van der Waals surface area contributed by atoms with E-state index in [0.717, 1.165) is 29.0 Å². The molecule has 2 amide bonds. The summed E-state index contributed by atoms with van der Waals surface area (Å²) in [5, 5.41) is 4.49. The number of carbonyl (C=O) groups is 2. The number of likely N-dealkylation sites (tertiary alicyclic amines) is 1. The highest BCUT2D eigenvalue weighted by atomic mass is 32.2. The number of carbonyl (C=O) groups excluding carboxylic acids is 2. The molecular weight excluding hydrogens is 412 g/mol. The molecule has 0 bridgehead atoms. The van der Waals surface area contributed by atoms with Gasteiger partial charge in [-0.25, -0.2) is 9.97 Å². The summed E-state index contributed by atoms with van der Waals surface area (Å²) >= 11 is 3.04. The molecule has 1 saturated heterocycles. The molecule has 1 fully saturated rings. The maximum Gasteiger partial charge on any atom is 0.231 e. The molecule has 0 aliphatic carbocycles. The number of aromatic nitrogens is 2. The molecule has 3 rings (SSSR count). The predicted molar refractivity (Wildman–Crippen MR) is 115 cm³/mol. The minimum atomic E-state index is -1.48. The molecule has 7 nitrogen and oxygen atoms in total. The number of rotatable bonds is 6. The molecule has 2 aromatic rings. The highest BCUT2D eigenvalue weighted by Crippen LogP contribution is 2.31. The Hall–Kier alpha value is -1.65. The fourth-order valence-electron chi connectivity index (χ4n) is 2.93. The largest absolute Gasteiger partial charge is 0.483 e. The average Bonchev–Trinajstić information content (AvgIpc) is 3.29. The van der Waals surface area contributed by atoms with Gasteiger partial charge in [-0.1, -0.05) is 19.4 Å². The fourth-order valence-corrected chi connectivity index (χ4v) is 5.53. The molecule has 1 aliphatic rings. The number of nitrogens with zero attached hydrogens (tertiary/aromatic N) is 3. The number of oxazole rings is 1. The van der Waals surface area contributed by atoms with Gasteiger partial charge in [-0.3, -0.25) is 9.59 Å². The van der Waals surface area contributed by atoms with Crippen molar-refractivity contribution in [2.24, 2.45) is 5.92 Å². The maximum absolute atomic E-state index is 12.5. The minimum Gasteiger partial charge on any atom is -0.483 e. The van der Waals surface area contributed by atoms with E-state index in [9.17, 15) is 9.59 Å². The molecular formula is C18H26N4O3S2Si-. The number of hydrogen-bond donors (Lipinski definition) is 1. The number of amides is 2. The molecule has 0 spiro atoms. The molecule has 0 aromatic carbocycles. The first-order valence-corrected chi connectivity index (χ1v) is 14.6. The smallest absolute Gasteiger partial charge is 0.231 e. The van der Waals surface area contributed by atoms with Gasteiger partial charge < -0.3 is 14.6 Å². The molecule has 28 heavy (non-hydrogen) atoms. The van der Waals surface area contributed by atoms with Crippen molar-refractivity contribution in [1.82, 2.24) is 14.9 Å². The lowest BCUT2D eigenvalue weighted by atomic mass is 9.97. The van der Waals surface area contributed by atoms with Crippen molar-refractivity contribution in [3.63, 3.8) is 0 Å². The standard InChI is InChI=1S/C18H26N4O3S2Si/c1-12(23)22-7-5-6-13(10-22)17(24)21-18-20-9-16(27-18)26-11-14-19-8-15(25-14)28(2,3)4/h8-9,13H,5-7,10-11H2,1-4H3,(H,20,21,24)/q-1. The summed E-state index contributed by atoms with van der Waals surface area (Å²) < 4.78 is 6.86. The number of anilines is 1. The van der Waals surface area contributed by atoms with Crippen LogP contribution < -0.4 is 10.7 Å². The number of thioether (sulfide) groups is 1. The first kappa shape index (κ1) is 21.1. The zero-order valence-corrected chi connectivity index (χ0v) is 19.3. The van der Waals surface area contributed by atoms with Crippen LogP contribution in [0.25, 0.3) is 0 Å². The Balaban J connectivity index is 1.52. The molecule has 1 atom stereocenters. The van der Waals surface area contributed by atoms with Crippen LogP contribution in [0.15, 0.2) is 21.0 Å². The van der Waals surface area contributed by atoms with Gasteiger partial charge in [0.2, 0.25) is 17.7 Å². The normalized spacial score (nSPS) is 17.6. The SMILES string of the molecule is CC(=O)N1CCCC(C(=O)Nc2ncc(SCc3ncc([Si-](C)(C)C)o3)s2)C1. The molecule has 10 heteroatoms. The van der Waals surface area contributed by atoms with Crippen molar-refractivity contribution in [2.75, 3.05) is 18.4 Å². The molecule has 1 aliphatic heterocycles. The zero-order valence-electron chi connectivity index (χ0n) is 16.7. The first-order valence-electron chi connectivity index (χ1n) is 9.32. The summed E-state index contributed by atoms with van der Waals surface area (Å²) in [5.74, 6) is 1.13. The van der Waals surface area contributed by atoms with Crippen molar-refractivity contribution in [3.05, 3.63) is 18.3 Å². The van der Waals surface area contributed by atoms with Crippen LogP contribution in [-0.2, 0) is 15.3 Å². The highest BCUT2D eigenvalue weighted by molar-refractivity contribution is 8.00. The lowest BCUT2D eigenvalue weighted by Crippen LogP contribution is -2.42. The lowest BCUT2D eigenvalue weighted by molar-refractivity contribution is -0.132. The zero-order chi connectivity index (χ0) is 20.3. The third-order valence-electron chi connectivity index (χ3n) is 4.58. The van der Waals surface area contributed by atoms with Gasteiger partial charge in [0.05, 0.1) is 22.1 Å². The van der Waals surface area contributed by atoms with Crippen LogP contribution in [0.3, 0.4) is 0 Å². The van der Waals surface area contributed by atoms with Gasteiger partial charge in [-0.15, -0.1) is 11.8 Å². The van der Waals surface area contributed by atoms with Gasteiger partial charge in [-0.2, -0.15) is 19.6 Å². The third kappa shape index (κ3) is 5.45. The van der Waals surface area contributed by atoms with E-state index >= 15 is 0 Å². The summed E-state index contributed by atoms with van der Waals surface area (Å²) in [6.07, 6.45) is 5.25. The third-order valence-corrected chi connectivity index (χ3v) is 8.38. The van der Waals surface area contributed by atoms with E-state index in [1.165, 1.54) is 11.3 Å². The molecule has 0 radical (unpaired) electrons.